The largest absolute Gasteiger partial charge is 0.431 e. The van der Waals surface area contributed by atoms with Gasteiger partial charge in [-0.2, -0.15) is 13.2 Å². The maximum Gasteiger partial charge on any atom is 0.431 e. The Morgan fingerprint density at radius 1 is 1.28 bits per heavy atom. The molecule has 0 saturated heterocycles. The van der Waals surface area contributed by atoms with Gasteiger partial charge in [0.05, 0.1) is 12.2 Å². The Morgan fingerprint density at radius 3 is 2.60 bits per heavy atom. The number of halogens is 3. The molecule has 0 saturated carbocycles. The Morgan fingerprint density at radius 2 is 2.00 bits per heavy atom. The zero-order chi connectivity index (χ0) is 18.4. The number of imidazole rings is 1. The van der Waals surface area contributed by atoms with E-state index in [0.29, 0.717) is 16.3 Å². The molecule has 0 fully saturated rings. The van der Waals surface area contributed by atoms with Crippen LogP contribution in [0.3, 0.4) is 0 Å². The van der Waals surface area contributed by atoms with Crippen LogP contribution in [0.5, 0.6) is 0 Å². The highest BCUT2D eigenvalue weighted by molar-refractivity contribution is 5.92. The maximum atomic E-state index is 13.2. The average molecular weight is 350 g/mol. The second-order valence-corrected chi connectivity index (χ2v) is 5.54. The highest BCUT2D eigenvalue weighted by Crippen LogP contribution is 2.28. The molecule has 0 aliphatic heterocycles. The topological polar surface area (TPSA) is 82.4 Å². The standard InChI is InChI=1S/C16H13F3N4O2/c1-9-3-2-6-22-7-10(21-14(9)22)8-23-12(16(17,18)19)5-4-11(13(20)24)15(23)25/h2-7H,8H2,1H3,(H2,20,24). The summed E-state index contributed by atoms with van der Waals surface area (Å²) >= 11 is 0. The molecular weight excluding hydrogens is 337 g/mol. The first-order chi connectivity index (χ1) is 11.7. The van der Waals surface area contributed by atoms with E-state index in [1.807, 2.05) is 13.0 Å². The van der Waals surface area contributed by atoms with Crippen LogP contribution < -0.4 is 11.3 Å². The van der Waals surface area contributed by atoms with Gasteiger partial charge in [0.25, 0.3) is 11.5 Å². The number of fused-ring (bicyclic) bond motifs is 1. The molecule has 0 spiro atoms. The van der Waals surface area contributed by atoms with E-state index in [0.717, 1.165) is 11.6 Å². The van der Waals surface area contributed by atoms with Gasteiger partial charge in [-0.25, -0.2) is 4.98 Å². The van der Waals surface area contributed by atoms with Crippen LogP contribution in [0.2, 0.25) is 0 Å². The van der Waals surface area contributed by atoms with E-state index < -0.39 is 35.4 Å². The number of aryl methyl sites for hydroxylation is 1. The summed E-state index contributed by atoms with van der Waals surface area (Å²) in [7, 11) is 0. The lowest BCUT2D eigenvalue weighted by Gasteiger charge is -2.15. The highest BCUT2D eigenvalue weighted by atomic mass is 19.4. The lowest BCUT2D eigenvalue weighted by Crippen LogP contribution is -2.34. The summed E-state index contributed by atoms with van der Waals surface area (Å²) < 4.78 is 41.8. The van der Waals surface area contributed by atoms with Gasteiger partial charge in [-0.3, -0.25) is 14.2 Å². The molecule has 0 aliphatic carbocycles. The lowest BCUT2D eigenvalue weighted by atomic mass is 10.2. The van der Waals surface area contributed by atoms with Crippen molar-refractivity contribution < 1.29 is 18.0 Å². The van der Waals surface area contributed by atoms with Crippen LogP contribution in [0.4, 0.5) is 13.2 Å². The van der Waals surface area contributed by atoms with Crippen LogP contribution in [-0.2, 0) is 12.7 Å². The number of hydrogen-bond acceptors (Lipinski definition) is 3. The number of pyridine rings is 2. The van der Waals surface area contributed by atoms with Crippen LogP contribution in [0.15, 0.2) is 41.5 Å². The molecule has 0 aromatic carbocycles. The number of amides is 1. The van der Waals surface area contributed by atoms with Crippen molar-refractivity contribution in [2.24, 2.45) is 5.73 Å². The summed E-state index contributed by atoms with van der Waals surface area (Å²) in [4.78, 5) is 27.8. The van der Waals surface area contributed by atoms with Crippen molar-refractivity contribution in [1.82, 2.24) is 14.0 Å². The molecular formula is C16H13F3N4O2. The minimum absolute atomic E-state index is 0.253. The molecule has 6 nitrogen and oxygen atoms in total. The number of primary amides is 1. The van der Waals surface area contributed by atoms with Crippen LogP contribution in [0, 0.1) is 6.92 Å². The molecule has 3 aromatic heterocycles. The summed E-state index contributed by atoms with van der Waals surface area (Å²) in [5.74, 6) is -1.08. The number of carbonyl (C=O) groups excluding carboxylic acids is 1. The number of rotatable bonds is 3. The van der Waals surface area contributed by atoms with Crippen molar-refractivity contribution in [3.63, 3.8) is 0 Å². The third-order valence-electron chi connectivity index (χ3n) is 3.78. The molecule has 1 amide bonds. The van der Waals surface area contributed by atoms with Crippen molar-refractivity contribution in [2.45, 2.75) is 19.6 Å². The quantitative estimate of drug-likeness (QED) is 0.784. The maximum absolute atomic E-state index is 13.2. The van der Waals surface area contributed by atoms with E-state index in [9.17, 15) is 22.8 Å². The van der Waals surface area contributed by atoms with Gasteiger partial charge >= 0.3 is 6.18 Å². The molecule has 0 bridgehead atoms. The fraction of sp³-hybridized carbons (Fsp3) is 0.188. The SMILES string of the molecule is Cc1cccn2cc(Cn3c(C(F)(F)F)ccc(C(N)=O)c3=O)nc12. The average Bonchev–Trinajstić information content (AvgIpc) is 2.91. The predicted molar refractivity (Wildman–Crippen MR) is 83.3 cm³/mol. The zero-order valence-corrected chi connectivity index (χ0v) is 13.0. The number of carbonyl (C=O) groups is 1. The van der Waals surface area contributed by atoms with E-state index in [4.69, 9.17) is 5.73 Å². The molecule has 25 heavy (non-hydrogen) atoms. The molecule has 0 unspecified atom stereocenters. The molecule has 3 rings (SSSR count). The molecule has 3 heterocycles. The number of nitrogens with two attached hydrogens (primary N) is 1. The summed E-state index contributed by atoms with van der Waals surface area (Å²) in [5.41, 5.74) is 3.95. The van der Waals surface area contributed by atoms with E-state index in [-0.39, 0.29) is 5.69 Å². The van der Waals surface area contributed by atoms with Gasteiger partial charge in [-0.15, -0.1) is 0 Å². The van der Waals surface area contributed by atoms with Crippen molar-refractivity contribution in [1.29, 1.82) is 0 Å². The summed E-state index contributed by atoms with van der Waals surface area (Å²) in [6.07, 6.45) is -1.53. The van der Waals surface area contributed by atoms with Gasteiger partial charge in [0.15, 0.2) is 0 Å². The third-order valence-corrected chi connectivity index (χ3v) is 3.78. The third kappa shape index (κ3) is 3.00. The first-order valence-electron chi connectivity index (χ1n) is 7.22. The second kappa shape index (κ2) is 5.76. The zero-order valence-electron chi connectivity index (χ0n) is 13.0. The van der Waals surface area contributed by atoms with Gasteiger partial charge in [0, 0.05) is 12.4 Å². The first kappa shape index (κ1) is 16.7. The van der Waals surface area contributed by atoms with Gasteiger partial charge in [-0.05, 0) is 30.7 Å². The Labute approximate surface area is 139 Å². The molecule has 0 aliphatic rings. The van der Waals surface area contributed by atoms with Crippen molar-refractivity contribution >= 4 is 11.6 Å². The van der Waals surface area contributed by atoms with Gasteiger partial charge in [0.2, 0.25) is 0 Å². The first-order valence-corrected chi connectivity index (χ1v) is 7.22. The van der Waals surface area contributed by atoms with E-state index in [1.165, 1.54) is 6.20 Å². The van der Waals surface area contributed by atoms with Crippen LogP contribution in [0.1, 0.15) is 27.3 Å². The Kier molecular flexibility index (Phi) is 3.86. The Balaban J connectivity index is 2.17. The smallest absolute Gasteiger partial charge is 0.365 e. The number of nitrogens with zero attached hydrogens (tertiary/aromatic N) is 3. The molecule has 9 heteroatoms. The van der Waals surface area contributed by atoms with Gasteiger partial charge < -0.3 is 10.1 Å². The normalized spacial score (nSPS) is 11.8. The van der Waals surface area contributed by atoms with Gasteiger partial charge in [0.1, 0.15) is 16.9 Å². The van der Waals surface area contributed by atoms with Crippen molar-refractivity contribution in [2.75, 3.05) is 0 Å². The van der Waals surface area contributed by atoms with Crippen LogP contribution in [-0.4, -0.2) is 19.9 Å². The van der Waals surface area contributed by atoms with E-state index in [2.05, 4.69) is 4.98 Å². The Bertz CT molecular complexity index is 1030. The molecule has 130 valence electrons. The lowest BCUT2D eigenvalue weighted by molar-refractivity contribution is -0.144. The summed E-state index contributed by atoms with van der Waals surface area (Å²) in [5, 5.41) is 0. The highest BCUT2D eigenvalue weighted by Gasteiger charge is 2.35. The second-order valence-electron chi connectivity index (χ2n) is 5.54. The van der Waals surface area contributed by atoms with E-state index >= 15 is 0 Å². The molecule has 3 aromatic rings. The van der Waals surface area contributed by atoms with Crippen LogP contribution >= 0.6 is 0 Å². The van der Waals surface area contributed by atoms with Crippen molar-refractivity contribution in [3.8, 4) is 0 Å². The Hall–Kier alpha value is -3.10. The number of aromatic nitrogens is 3. The predicted octanol–water partition coefficient (Wildman–Crippen LogP) is 1.97. The van der Waals surface area contributed by atoms with Gasteiger partial charge in [-0.1, -0.05) is 6.07 Å². The number of alkyl halides is 3. The minimum Gasteiger partial charge on any atom is -0.365 e. The van der Waals surface area contributed by atoms with Crippen molar-refractivity contribution in [3.05, 3.63) is 69.5 Å². The molecule has 0 radical (unpaired) electrons. The molecule has 2 N–H and O–H groups in total. The fourth-order valence-electron chi connectivity index (χ4n) is 2.61. The summed E-state index contributed by atoms with van der Waals surface area (Å²) in [6, 6.07) is 5.04. The molecule has 0 atom stereocenters. The van der Waals surface area contributed by atoms with E-state index in [1.54, 1.807) is 16.7 Å². The number of hydrogen-bond donors (Lipinski definition) is 1. The minimum atomic E-state index is -4.76. The summed E-state index contributed by atoms with van der Waals surface area (Å²) in [6.45, 7) is 1.38. The monoisotopic (exact) mass is 350 g/mol. The fourth-order valence-corrected chi connectivity index (χ4v) is 2.61. The van der Waals surface area contributed by atoms with Crippen LogP contribution in [0.25, 0.3) is 5.65 Å².